The average Bonchev–Trinajstić information content (AvgIpc) is 2.57. The summed E-state index contributed by atoms with van der Waals surface area (Å²) in [5.74, 6) is -1.34. The summed E-state index contributed by atoms with van der Waals surface area (Å²) in [6, 6.07) is 4.46. The van der Waals surface area contributed by atoms with E-state index in [-0.39, 0.29) is 16.1 Å². The predicted octanol–water partition coefficient (Wildman–Crippen LogP) is 0.888. The molecule has 1 N–H and O–H groups in total. The number of hydrogen-bond acceptors (Lipinski definition) is 5. The first-order valence-corrected chi connectivity index (χ1v) is 9.03. The van der Waals surface area contributed by atoms with Crippen molar-refractivity contribution in [3.8, 4) is 0 Å². The number of hydrogen-bond donors (Lipinski definition) is 1. The maximum absolute atomic E-state index is 13.3. The molecule has 2 rings (SSSR count). The number of nitrogens with one attached hydrogen (secondary N) is 1. The topological polar surface area (TPSA) is 101 Å². The summed E-state index contributed by atoms with van der Waals surface area (Å²) in [7, 11) is -0.846. The van der Waals surface area contributed by atoms with E-state index in [2.05, 4.69) is 10.4 Å². The van der Waals surface area contributed by atoms with Gasteiger partial charge in [-0.05, 0) is 31.5 Å². The van der Waals surface area contributed by atoms with Gasteiger partial charge in [-0.3, -0.25) is 9.59 Å². The molecule has 1 heterocycles. The van der Waals surface area contributed by atoms with Crippen molar-refractivity contribution < 1.29 is 17.6 Å². The van der Waals surface area contributed by atoms with Crippen molar-refractivity contribution >= 4 is 21.6 Å². The molecule has 0 aliphatic rings. The minimum absolute atomic E-state index is 0.0632. The van der Waals surface area contributed by atoms with E-state index in [0.29, 0.717) is 5.56 Å². The Morgan fingerprint density at radius 2 is 1.96 bits per heavy atom. The van der Waals surface area contributed by atoms with E-state index >= 15 is 0 Å². The summed E-state index contributed by atoms with van der Waals surface area (Å²) in [6.07, 6.45) is 0.859. The van der Waals surface area contributed by atoms with E-state index in [0.717, 1.165) is 15.2 Å². The van der Waals surface area contributed by atoms with Gasteiger partial charge in [-0.2, -0.15) is 5.10 Å². The summed E-state index contributed by atoms with van der Waals surface area (Å²) in [4.78, 5) is 24.1. The quantitative estimate of drug-likeness (QED) is 0.828. The van der Waals surface area contributed by atoms with Gasteiger partial charge in [0, 0.05) is 19.8 Å². The largest absolute Gasteiger partial charge is 0.324 e. The highest BCUT2D eigenvalue weighted by Crippen LogP contribution is 2.22. The second-order valence-corrected chi connectivity index (χ2v) is 8.02. The van der Waals surface area contributed by atoms with Crippen LogP contribution >= 0.6 is 0 Å². The molecule has 2 aromatic rings. The Hall–Kier alpha value is -2.59. The SMILES string of the molecule is Cc1ccc(NC(=O)Cn2ncc(F)c(C)c2=O)cc1S(=O)(=O)N(C)C. The number of carbonyl (C=O) groups is 1. The zero-order chi connectivity index (χ0) is 19.6. The third-order valence-corrected chi connectivity index (χ3v) is 5.70. The molecule has 0 spiro atoms. The highest BCUT2D eigenvalue weighted by atomic mass is 32.2. The smallest absolute Gasteiger partial charge is 0.273 e. The van der Waals surface area contributed by atoms with Gasteiger partial charge in [-0.25, -0.2) is 21.8 Å². The first-order valence-electron chi connectivity index (χ1n) is 7.59. The molecule has 0 bridgehead atoms. The fraction of sp³-hybridized carbons (Fsp3) is 0.312. The molecule has 0 radical (unpaired) electrons. The van der Waals surface area contributed by atoms with Crippen LogP contribution < -0.4 is 10.9 Å². The van der Waals surface area contributed by atoms with Gasteiger partial charge in [0.15, 0.2) is 5.82 Å². The molecule has 0 aliphatic heterocycles. The normalized spacial score (nSPS) is 11.6. The molecule has 26 heavy (non-hydrogen) atoms. The van der Waals surface area contributed by atoms with Gasteiger partial charge in [0.2, 0.25) is 15.9 Å². The van der Waals surface area contributed by atoms with Crippen molar-refractivity contribution in [2.45, 2.75) is 25.3 Å². The van der Waals surface area contributed by atoms with Crippen molar-refractivity contribution in [3.63, 3.8) is 0 Å². The highest BCUT2D eigenvalue weighted by Gasteiger charge is 2.20. The summed E-state index contributed by atoms with van der Waals surface area (Å²) >= 11 is 0. The number of aryl methyl sites for hydroxylation is 1. The van der Waals surface area contributed by atoms with Gasteiger partial charge >= 0.3 is 0 Å². The lowest BCUT2D eigenvalue weighted by Crippen LogP contribution is -2.31. The minimum Gasteiger partial charge on any atom is -0.324 e. The highest BCUT2D eigenvalue weighted by molar-refractivity contribution is 7.89. The van der Waals surface area contributed by atoms with Crippen molar-refractivity contribution in [1.82, 2.24) is 14.1 Å². The molecule has 0 aliphatic carbocycles. The molecule has 140 valence electrons. The second-order valence-electron chi connectivity index (χ2n) is 5.90. The van der Waals surface area contributed by atoms with E-state index in [1.165, 1.54) is 27.1 Å². The Kier molecular flexibility index (Phi) is 5.57. The minimum atomic E-state index is -3.67. The van der Waals surface area contributed by atoms with Gasteiger partial charge in [-0.1, -0.05) is 6.07 Å². The fourth-order valence-corrected chi connectivity index (χ4v) is 3.31. The van der Waals surface area contributed by atoms with Gasteiger partial charge in [0.1, 0.15) is 6.54 Å². The molecule has 8 nitrogen and oxygen atoms in total. The number of anilines is 1. The molecular formula is C16H19FN4O4S. The average molecular weight is 382 g/mol. The number of halogens is 1. The van der Waals surface area contributed by atoms with Crippen LogP contribution in [0.5, 0.6) is 0 Å². The Bertz CT molecular complexity index is 1020. The van der Waals surface area contributed by atoms with Gasteiger partial charge in [0.25, 0.3) is 5.56 Å². The van der Waals surface area contributed by atoms with Gasteiger partial charge in [-0.15, -0.1) is 0 Å². The van der Waals surface area contributed by atoms with Crippen LogP contribution in [0, 0.1) is 19.7 Å². The number of sulfonamides is 1. The van der Waals surface area contributed by atoms with E-state index in [1.54, 1.807) is 19.1 Å². The van der Waals surface area contributed by atoms with E-state index in [1.807, 2.05) is 0 Å². The number of aromatic nitrogens is 2. The molecule has 0 saturated carbocycles. The van der Waals surface area contributed by atoms with Crippen LogP contribution in [0.4, 0.5) is 10.1 Å². The number of nitrogens with zero attached hydrogens (tertiary/aromatic N) is 3. The van der Waals surface area contributed by atoms with E-state index in [4.69, 9.17) is 0 Å². The van der Waals surface area contributed by atoms with Crippen molar-refractivity contribution in [2.75, 3.05) is 19.4 Å². The number of amides is 1. The van der Waals surface area contributed by atoms with Crippen LogP contribution in [0.1, 0.15) is 11.1 Å². The third kappa shape index (κ3) is 3.97. The lowest BCUT2D eigenvalue weighted by molar-refractivity contribution is -0.117. The molecule has 0 fully saturated rings. The lowest BCUT2D eigenvalue weighted by Gasteiger charge is -2.15. The Morgan fingerprint density at radius 3 is 2.58 bits per heavy atom. The van der Waals surface area contributed by atoms with Crippen LogP contribution in [0.3, 0.4) is 0 Å². The van der Waals surface area contributed by atoms with Crippen LogP contribution in [0.25, 0.3) is 0 Å². The van der Waals surface area contributed by atoms with Crippen LogP contribution in [-0.4, -0.2) is 42.5 Å². The summed E-state index contributed by atoms with van der Waals surface area (Å²) in [5.41, 5.74) is -0.0564. The molecule has 0 unspecified atom stereocenters. The zero-order valence-corrected chi connectivity index (χ0v) is 15.6. The molecule has 0 saturated heterocycles. The first-order chi connectivity index (χ1) is 12.0. The molecule has 10 heteroatoms. The monoisotopic (exact) mass is 382 g/mol. The third-order valence-electron chi connectivity index (χ3n) is 3.75. The Morgan fingerprint density at radius 1 is 1.31 bits per heavy atom. The number of rotatable bonds is 5. The molecule has 1 amide bonds. The Balaban J connectivity index is 2.26. The van der Waals surface area contributed by atoms with Crippen molar-refractivity contribution in [1.29, 1.82) is 0 Å². The van der Waals surface area contributed by atoms with Gasteiger partial charge < -0.3 is 5.32 Å². The lowest BCUT2D eigenvalue weighted by atomic mass is 10.2. The molecular weight excluding hydrogens is 363 g/mol. The second kappa shape index (κ2) is 7.34. The number of carbonyl (C=O) groups excluding carboxylic acids is 1. The maximum Gasteiger partial charge on any atom is 0.273 e. The Labute approximate surface area is 150 Å². The van der Waals surface area contributed by atoms with E-state index in [9.17, 15) is 22.4 Å². The summed E-state index contributed by atoms with van der Waals surface area (Å²) < 4.78 is 39.8. The van der Waals surface area contributed by atoms with E-state index < -0.39 is 33.9 Å². The van der Waals surface area contributed by atoms with Crippen molar-refractivity contribution in [3.05, 3.63) is 51.7 Å². The van der Waals surface area contributed by atoms with Crippen LogP contribution in [0.2, 0.25) is 0 Å². The van der Waals surface area contributed by atoms with Crippen molar-refractivity contribution in [2.24, 2.45) is 0 Å². The van der Waals surface area contributed by atoms with Gasteiger partial charge in [0.05, 0.1) is 16.7 Å². The van der Waals surface area contributed by atoms with Crippen LogP contribution in [0.15, 0.2) is 34.1 Å². The zero-order valence-electron chi connectivity index (χ0n) is 14.8. The molecule has 0 atom stereocenters. The molecule has 1 aromatic heterocycles. The fourth-order valence-electron chi connectivity index (χ4n) is 2.17. The first kappa shape index (κ1) is 19.7. The standard InChI is InChI=1S/C16H19FN4O4S/c1-10-5-6-12(7-14(10)26(24,25)20(3)4)19-15(22)9-21-16(23)11(2)13(17)8-18-21/h5-8H,9H2,1-4H3,(H,19,22). The van der Waals surface area contributed by atoms with Crippen LogP contribution in [-0.2, 0) is 21.4 Å². The number of benzene rings is 1. The predicted molar refractivity (Wildman–Crippen MR) is 93.9 cm³/mol. The maximum atomic E-state index is 13.3. The summed E-state index contributed by atoms with van der Waals surface area (Å²) in [6.45, 7) is 2.52. The summed E-state index contributed by atoms with van der Waals surface area (Å²) in [5, 5.41) is 6.10. The molecule has 1 aromatic carbocycles.